The van der Waals surface area contributed by atoms with Crippen LogP contribution < -0.4 is 10.6 Å². The van der Waals surface area contributed by atoms with Gasteiger partial charge in [0.25, 0.3) is 0 Å². The minimum Gasteiger partial charge on any atom is -0.353 e. The molecule has 0 radical (unpaired) electrons. The highest BCUT2D eigenvalue weighted by Crippen LogP contribution is 2.19. The Hall–Kier alpha value is -0.260. The Balaban J connectivity index is 2.06. The summed E-state index contributed by atoms with van der Waals surface area (Å²) < 4.78 is 0. The molecule has 1 aliphatic heterocycles. The molecule has 4 nitrogen and oxygen atoms in total. The molecule has 5 heteroatoms. The fourth-order valence-corrected chi connectivity index (χ4v) is 3.74. The molecular formula is C16H33N3OS. The quantitative estimate of drug-likeness (QED) is 0.648. The maximum atomic E-state index is 11.9. The highest BCUT2D eigenvalue weighted by atomic mass is 32.2. The van der Waals surface area contributed by atoms with Gasteiger partial charge in [0, 0.05) is 11.3 Å². The van der Waals surface area contributed by atoms with Crippen LogP contribution in [0.3, 0.4) is 0 Å². The van der Waals surface area contributed by atoms with E-state index in [9.17, 15) is 4.79 Å². The molecule has 2 N–H and O–H groups in total. The Morgan fingerprint density at radius 2 is 2.00 bits per heavy atom. The fraction of sp³-hybridized carbons (Fsp3) is 0.938. The second-order valence-electron chi connectivity index (χ2n) is 5.90. The molecule has 1 amide bonds. The molecule has 1 unspecified atom stereocenters. The molecule has 0 spiro atoms. The van der Waals surface area contributed by atoms with E-state index >= 15 is 0 Å². The van der Waals surface area contributed by atoms with Crippen molar-refractivity contribution < 1.29 is 4.79 Å². The fourth-order valence-electron chi connectivity index (χ4n) is 2.71. The summed E-state index contributed by atoms with van der Waals surface area (Å²) in [4.78, 5) is 14.4. The molecule has 0 aromatic heterocycles. The van der Waals surface area contributed by atoms with Gasteiger partial charge < -0.3 is 15.5 Å². The Morgan fingerprint density at radius 3 is 2.62 bits per heavy atom. The second-order valence-corrected chi connectivity index (χ2v) is 7.19. The van der Waals surface area contributed by atoms with Crippen molar-refractivity contribution in [2.24, 2.45) is 0 Å². The molecule has 1 atom stereocenters. The van der Waals surface area contributed by atoms with Crippen molar-refractivity contribution >= 4 is 17.7 Å². The summed E-state index contributed by atoms with van der Waals surface area (Å²) >= 11 is 1.82. The van der Waals surface area contributed by atoms with E-state index in [1.807, 2.05) is 11.8 Å². The summed E-state index contributed by atoms with van der Waals surface area (Å²) in [6.07, 6.45) is 4.61. The lowest BCUT2D eigenvalue weighted by atomic mass is 10.1. The Bertz CT molecular complexity index is 279. The summed E-state index contributed by atoms with van der Waals surface area (Å²) in [7, 11) is 0. The minimum absolute atomic E-state index is 0.203. The van der Waals surface area contributed by atoms with Gasteiger partial charge in [-0.25, -0.2) is 0 Å². The van der Waals surface area contributed by atoms with Crippen LogP contribution in [0.25, 0.3) is 0 Å². The number of piperidine rings is 1. The molecule has 1 heterocycles. The van der Waals surface area contributed by atoms with Crippen molar-refractivity contribution in [3.05, 3.63) is 0 Å². The average Bonchev–Trinajstić information content (AvgIpc) is 2.50. The summed E-state index contributed by atoms with van der Waals surface area (Å²) in [5, 5.41) is 7.16. The highest BCUT2D eigenvalue weighted by molar-refractivity contribution is 8.00. The number of nitrogens with zero attached hydrogens (tertiary/aromatic N) is 1. The van der Waals surface area contributed by atoms with Crippen molar-refractivity contribution in [1.82, 2.24) is 15.5 Å². The van der Waals surface area contributed by atoms with Crippen LogP contribution in [0, 0.1) is 0 Å². The average molecular weight is 316 g/mol. The van der Waals surface area contributed by atoms with Gasteiger partial charge >= 0.3 is 0 Å². The van der Waals surface area contributed by atoms with Crippen LogP contribution in [0.2, 0.25) is 0 Å². The molecule has 0 saturated carbocycles. The summed E-state index contributed by atoms with van der Waals surface area (Å²) in [6, 6.07) is 0.293. The van der Waals surface area contributed by atoms with Crippen LogP contribution >= 0.6 is 11.8 Å². The Morgan fingerprint density at radius 1 is 1.33 bits per heavy atom. The molecular weight excluding hydrogens is 282 g/mol. The van der Waals surface area contributed by atoms with Crippen LogP contribution in [0.4, 0.5) is 0 Å². The van der Waals surface area contributed by atoms with E-state index in [1.54, 1.807) is 0 Å². The summed E-state index contributed by atoms with van der Waals surface area (Å²) in [6.45, 7) is 12.1. The first-order valence-corrected chi connectivity index (χ1v) is 9.54. The third kappa shape index (κ3) is 8.69. The van der Waals surface area contributed by atoms with E-state index in [0.29, 0.717) is 17.0 Å². The molecule has 21 heavy (non-hydrogen) atoms. The predicted octanol–water partition coefficient (Wildman–Crippen LogP) is 2.10. The van der Waals surface area contributed by atoms with Crippen molar-refractivity contribution in [1.29, 1.82) is 0 Å². The molecule has 0 aliphatic carbocycles. The number of hydrogen-bond donors (Lipinski definition) is 2. The molecule has 1 rings (SSSR count). The van der Waals surface area contributed by atoms with Gasteiger partial charge in [-0.1, -0.05) is 13.8 Å². The largest absolute Gasteiger partial charge is 0.353 e. The van der Waals surface area contributed by atoms with Gasteiger partial charge in [-0.15, -0.1) is 11.8 Å². The zero-order valence-electron chi connectivity index (χ0n) is 14.0. The number of carbonyl (C=O) groups is 1. The van der Waals surface area contributed by atoms with Crippen LogP contribution in [-0.2, 0) is 4.79 Å². The van der Waals surface area contributed by atoms with Crippen LogP contribution in [0.5, 0.6) is 0 Å². The lowest BCUT2D eigenvalue weighted by molar-refractivity contribution is -0.119. The monoisotopic (exact) mass is 315 g/mol. The number of amides is 1. The van der Waals surface area contributed by atoms with Crippen molar-refractivity contribution in [2.45, 2.75) is 57.7 Å². The standard InChI is InChI=1S/C16H33N3OS/c1-4-19(5-2)12-6-7-14(3)18-16(20)13-21-15-8-10-17-11-9-15/h14-15,17H,4-13H2,1-3H3,(H,18,20). The smallest absolute Gasteiger partial charge is 0.230 e. The van der Waals surface area contributed by atoms with E-state index in [0.717, 1.165) is 45.6 Å². The molecule has 0 aromatic rings. The van der Waals surface area contributed by atoms with E-state index in [4.69, 9.17) is 0 Å². The molecule has 1 saturated heterocycles. The van der Waals surface area contributed by atoms with Gasteiger partial charge in [-0.05, 0) is 65.3 Å². The van der Waals surface area contributed by atoms with Gasteiger partial charge in [0.15, 0.2) is 0 Å². The van der Waals surface area contributed by atoms with Gasteiger partial charge in [0.1, 0.15) is 0 Å². The highest BCUT2D eigenvalue weighted by Gasteiger charge is 2.15. The van der Waals surface area contributed by atoms with Crippen LogP contribution in [0.1, 0.15) is 46.5 Å². The first-order valence-electron chi connectivity index (χ1n) is 8.49. The van der Waals surface area contributed by atoms with Gasteiger partial charge in [0.05, 0.1) is 5.75 Å². The lowest BCUT2D eigenvalue weighted by Crippen LogP contribution is -2.36. The maximum Gasteiger partial charge on any atom is 0.230 e. The van der Waals surface area contributed by atoms with E-state index in [-0.39, 0.29) is 5.91 Å². The van der Waals surface area contributed by atoms with E-state index < -0.39 is 0 Å². The zero-order chi connectivity index (χ0) is 15.5. The zero-order valence-corrected chi connectivity index (χ0v) is 14.8. The number of rotatable bonds is 10. The first kappa shape index (κ1) is 18.8. The SMILES string of the molecule is CCN(CC)CCCC(C)NC(=O)CSC1CCNCC1. The Labute approximate surface area is 134 Å². The lowest BCUT2D eigenvalue weighted by Gasteiger charge is -2.22. The van der Waals surface area contributed by atoms with Crippen LogP contribution in [-0.4, -0.2) is 60.6 Å². The third-order valence-corrected chi connectivity index (χ3v) is 5.52. The first-order chi connectivity index (χ1) is 10.2. The van der Waals surface area contributed by atoms with Gasteiger partial charge in [-0.3, -0.25) is 4.79 Å². The summed E-state index contributed by atoms with van der Waals surface area (Å²) in [5.74, 6) is 0.819. The second kappa shape index (κ2) is 11.3. The molecule has 1 fully saturated rings. The number of thioether (sulfide) groups is 1. The number of carbonyl (C=O) groups excluding carboxylic acids is 1. The number of nitrogens with one attached hydrogen (secondary N) is 2. The maximum absolute atomic E-state index is 11.9. The van der Waals surface area contributed by atoms with Gasteiger partial charge in [-0.2, -0.15) is 0 Å². The van der Waals surface area contributed by atoms with Crippen molar-refractivity contribution in [2.75, 3.05) is 38.5 Å². The minimum atomic E-state index is 0.203. The van der Waals surface area contributed by atoms with E-state index in [2.05, 4.69) is 36.3 Å². The molecule has 124 valence electrons. The normalized spacial score (nSPS) is 17.9. The number of hydrogen-bond acceptors (Lipinski definition) is 4. The Kier molecular flexibility index (Phi) is 10.1. The van der Waals surface area contributed by atoms with Crippen molar-refractivity contribution in [3.63, 3.8) is 0 Å². The molecule has 0 bridgehead atoms. The van der Waals surface area contributed by atoms with Gasteiger partial charge in [0.2, 0.25) is 5.91 Å². The topological polar surface area (TPSA) is 44.4 Å². The third-order valence-electron chi connectivity index (χ3n) is 4.15. The summed E-state index contributed by atoms with van der Waals surface area (Å²) in [5.41, 5.74) is 0. The predicted molar refractivity (Wildman–Crippen MR) is 93.0 cm³/mol. The van der Waals surface area contributed by atoms with Crippen molar-refractivity contribution in [3.8, 4) is 0 Å². The van der Waals surface area contributed by atoms with E-state index in [1.165, 1.54) is 12.8 Å². The molecule has 1 aliphatic rings. The molecule has 0 aromatic carbocycles. The van der Waals surface area contributed by atoms with Crippen LogP contribution in [0.15, 0.2) is 0 Å².